The summed E-state index contributed by atoms with van der Waals surface area (Å²) in [5.74, 6) is -0.597. The number of nitrogens with two attached hydrogens (primary N) is 1. The molecule has 4 N–H and O–H groups in total. The average molecular weight is 392 g/mol. The van der Waals surface area contributed by atoms with Crippen LogP contribution in [0.5, 0.6) is 0 Å². The highest BCUT2D eigenvalue weighted by atomic mass is 16.6. The first kappa shape index (κ1) is 20.2. The molecular weight excluding hydrogens is 364 g/mol. The van der Waals surface area contributed by atoms with Gasteiger partial charge in [-0.05, 0) is 59.3 Å². The van der Waals surface area contributed by atoms with E-state index in [2.05, 4.69) is 15.8 Å². The molecule has 0 aliphatic heterocycles. The van der Waals surface area contributed by atoms with Crippen molar-refractivity contribution in [3.8, 4) is 0 Å². The van der Waals surface area contributed by atoms with Crippen molar-refractivity contribution in [3.05, 3.63) is 17.0 Å². The predicted octanol–water partition coefficient (Wildman–Crippen LogP) is 2.22. The Bertz CT molecular complexity index is 755. The minimum atomic E-state index is -0.696. The monoisotopic (exact) mass is 392 g/mol. The molecule has 28 heavy (non-hydrogen) atoms. The first-order chi connectivity index (χ1) is 13.1. The minimum Gasteiger partial charge on any atom is -0.444 e. The average Bonchev–Trinajstić information content (AvgIpc) is 3.32. The maximum atomic E-state index is 12.6. The number of hydrogen-bond acceptors (Lipinski definition) is 6. The lowest BCUT2D eigenvalue weighted by Gasteiger charge is -2.30. The molecular formula is C19H28N4O5. The summed E-state index contributed by atoms with van der Waals surface area (Å²) in [6.07, 6.45) is 4.23. The molecule has 0 radical (unpaired) electrons. The van der Waals surface area contributed by atoms with Crippen LogP contribution in [0.4, 0.5) is 4.79 Å². The molecule has 2 aliphatic rings. The smallest absolute Gasteiger partial charge is 0.407 e. The summed E-state index contributed by atoms with van der Waals surface area (Å²) in [5.41, 5.74) is 4.96. The maximum Gasteiger partial charge on any atom is 0.407 e. The number of ether oxygens (including phenoxy) is 1. The van der Waals surface area contributed by atoms with Gasteiger partial charge in [-0.15, -0.1) is 0 Å². The van der Waals surface area contributed by atoms with Crippen molar-refractivity contribution in [1.82, 2.24) is 15.8 Å². The summed E-state index contributed by atoms with van der Waals surface area (Å²) < 4.78 is 10.5. The Morgan fingerprint density at radius 1 is 1.04 bits per heavy atom. The molecule has 9 nitrogen and oxygen atoms in total. The van der Waals surface area contributed by atoms with Crippen LogP contribution in [0.25, 0.3) is 0 Å². The van der Waals surface area contributed by atoms with Gasteiger partial charge in [0.2, 0.25) is 0 Å². The van der Waals surface area contributed by atoms with Gasteiger partial charge in [0.1, 0.15) is 11.2 Å². The van der Waals surface area contributed by atoms with E-state index in [9.17, 15) is 14.4 Å². The molecule has 0 unspecified atom stereocenters. The Morgan fingerprint density at radius 2 is 1.61 bits per heavy atom. The number of alkyl carbamates (subject to hydrolysis) is 1. The standard InChI is InChI=1S/C19H28N4O5/c1-19(2,3)27-18(26)22-12-8-6-11(7-9-12)21-17(25)14-13(16(20)24)15(28-23-14)10-4-5-10/h10-12H,4-9H2,1-3H3,(H2,20,24)(H,21,25)(H,22,26)/t11-,12-. The minimum absolute atomic E-state index is 0.0118. The van der Waals surface area contributed by atoms with Crippen molar-refractivity contribution in [1.29, 1.82) is 0 Å². The van der Waals surface area contributed by atoms with Crippen LogP contribution in [0, 0.1) is 0 Å². The largest absolute Gasteiger partial charge is 0.444 e. The summed E-state index contributed by atoms with van der Waals surface area (Å²) in [7, 11) is 0. The molecule has 1 heterocycles. The van der Waals surface area contributed by atoms with Crippen LogP contribution in [-0.2, 0) is 4.74 Å². The second-order valence-electron chi connectivity index (χ2n) is 8.58. The van der Waals surface area contributed by atoms with Crippen molar-refractivity contribution >= 4 is 17.9 Å². The summed E-state index contributed by atoms with van der Waals surface area (Å²) >= 11 is 0. The normalized spacial score (nSPS) is 22.4. The first-order valence-electron chi connectivity index (χ1n) is 9.74. The Kier molecular flexibility index (Phi) is 5.62. The van der Waals surface area contributed by atoms with Crippen LogP contribution in [0.3, 0.4) is 0 Å². The number of nitrogens with one attached hydrogen (secondary N) is 2. The zero-order valence-electron chi connectivity index (χ0n) is 16.5. The fraction of sp³-hybridized carbons (Fsp3) is 0.684. The SMILES string of the molecule is CC(C)(C)OC(=O)N[C@H]1CC[C@H](NC(=O)c2noc(C3CC3)c2C(N)=O)CC1. The Morgan fingerprint density at radius 3 is 2.11 bits per heavy atom. The molecule has 3 rings (SSSR count). The quantitative estimate of drug-likeness (QED) is 0.703. The van der Waals surface area contributed by atoms with Crippen molar-refractivity contribution in [3.63, 3.8) is 0 Å². The molecule has 2 saturated carbocycles. The highest BCUT2D eigenvalue weighted by Gasteiger charge is 2.36. The van der Waals surface area contributed by atoms with Gasteiger partial charge in [0.15, 0.2) is 11.5 Å². The lowest BCUT2D eigenvalue weighted by atomic mass is 9.91. The van der Waals surface area contributed by atoms with Crippen LogP contribution in [0.15, 0.2) is 4.52 Å². The number of carbonyl (C=O) groups is 3. The summed E-state index contributed by atoms with van der Waals surface area (Å²) in [5, 5.41) is 9.56. The van der Waals surface area contributed by atoms with E-state index in [1.807, 2.05) is 20.8 Å². The first-order valence-corrected chi connectivity index (χ1v) is 9.74. The van der Waals surface area contributed by atoms with Crippen molar-refractivity contribution < 1.29 is 23.6 Å². The fourth-order valence-corrected chi connectivity index (χ4v) is 3.43. The third kappa shape index (κ3) is 5.02. The van der Waals surface area contributed by atoms with E-state index in [4.69, 9.17) is 15.0 Å². The van der Waals surface area contributed by atoms with Crippen LogP contribution in [0.2, 0.25) is 0 Å². The molecule has 2 aliphatic carbocycles. The van der Waals surface area contributed by atoms with Gasteiger partial charge in [-0.25, -0.2) is 4.79 Å². The molecule has 0 atom stereocenters. The topological polar surface area (TPSA) is 137 Å². The van der Waals surface area contributed by atoms with Crippen molar-refractivity contribution in [2.24, 2.45) is 5.73 Å². The van der Waals surface area contributed by atoms with Crippen LogP contribution < -0.4 is 16.4 Å². The molecule has 9 heteroatoms. The van der Waals surface area contributed by atoms with Crippen LogP contribution in [0.1, 0.15) is 91.8 Å². The second kappa shape index (κ2) is 7.81. The number of hydrogen-bond donors (Lipinski definition) is 3. The number of carbonyl (C=O) groups excluding carboxylic acids is 3. The number of rotatable bonds is 5. The second-order valence-corrected chi connectivity index (χ2v) is 8.58. The van der Waals surface area contributed by atoms with E-state index in [-0.39, 0.29) is 29.3 Å². The highest BCUT2D eigenvalue weighted by Crippen LogP contribution is 2.42. The molecule has 1 aromatic heterocycles. The van der Waals surface area contributed by atoms with Gasteiger partial charge in [0.05, 0.1) is 0 Å². The predicted molar refractivity (Wildman–Crippen MR) is 99.9 cm³/mol. The highest BCUT2D eigenvalue weighted by molar-refractivity contribution is 6.06. The Balaban J connectivity index is 1.52. The molecule has 0 aromatic carbocycles. The molecule has 0 saturated heterocycles. The van der Waals surface area contributed by atoms with Crippen LogP contribution in [-0.4, -0.2) is 40.7 Å². The van der Waals surface area contributed by atoms with E-state index in [1.54, 1.807) is 0 Å². The zero-order valence-corrected chi connectivity index (χ0v) is 16.5. The van der Waals surface area contributed by atoms with Crippen molar-refractivity contribution in [2.75, 3.05) is 0 Å². The van der Waals surface area contributed by atoms with Gasteiger partial charge in [-0.3, -0.25) is 9.59 Å². The Hall–Kier alpha value is -2.58. The van der Waals surface area contributed by atoms with Gasteiger partial charge in [0, 0.05) is 18.0 Å². The summed E-state index contributed by atoms with van der Waals surface area (Å²) in [6, 6.07) is -0.0521. The number of aromatic nitrogens is 1. The molecule has 0 bridgehead atoms. The van der Waals surface area contributed by atoms with E-state index in [0.717, 1.165) is 25.7 Å². The molecule has 0 spiro atoms. The summed E-state index contributed by atoms with van der Waals surface area (Å²) in [6.45, 7) is 5.45. The molecule has 1 aromatic rings. The zero-order chi connectivity index (χ0) is 20.5. The Labute approximate surface area is 163 Å². The van der Waals surface area contributed by atoms with Crippen LogP contribution >= 0.6 is 0 Å². The van der Waals surface area contributed by atoms with Gasteiger partial charge >= 0.3 is 6.09 Å². The third-order valence-electron chi connectivity index (χ3n) is 4.91. The lowest BCUT2D eigenvalue weighted by Crippen LogP contribution is -2.45. The number of primary amides is 1. The lowest BCUT2D eigenvalue weighted by molar-refractivity contribution is 0.0487. The number of nitrogens with zero attached hydrogens (tertiary/aromatic N) is 1. The van der Waals surface area contributed by atoms with Gasteiger partial charge in [-0.2, -0.15) is 0 Å². The van der Waals surface area contributed by atoms with Gasteiger partial charge in [-0.1, -0.05) is 5.16 Å². The van der Waals surface area contributed by atoms with Gasteiger partial charge in [0.25, 0.3) is 11.8 Å². The fourth-order valence-electron chi connectivity index (χ4n) is 3.43. The van der Waals surface area contributed by atoms with E-state index in [0.29, 0.717) is 18.6 Å². The van der Waals surface area contributed by atoms with E-state index < -0.39 is 23.5 Å². The van der Waals surface area contributed by atoms with E-state index >= 15 is 0 Å². The van der Waals surface area contributed by atoms with Crippen molar-refractivity contribution in [2.45, 2.75) is 82.9 Å². The number of amides is 3. The van der Waals surface area contributed by atoms with E-state index in [1.165, 1.54) is 0 Å². The molecule has 2 fully saturated rings. The summed E-state index contributed by atoms with van der Waals surface area (Å²) in [4.78, 5) is 36.2. The molecule has 154 valence electrons. The maximum absolute atomic E-state index is 12.6. The molecule has 3 amide bonds. The van der Waals surface area contributed by atoms with Gasteiger partial charge < -0.3 is 25.6 Å². The third-order valence-corrected chi connectivity index (χ3v) is 4.91.